The van der Waals surface area contributed by atoms with Gasteiger partial charge in [0.1, 0.15) is 0 Å². The van der Waals surface area contributed by atoms with Crippen molar-refractivity contribution in [2.75, 3.05) is 0 Å². The molecule has 0 amide bonds. The molecule has 2 rings (SSSR count). The molecular formula is C6H5Al3N4O2. The monoisotopic (exact) mass is 246 g/mol. The first kappa shape index (κ1) is 11.1. The third-order valence-corrected chi connectivity index (χ3v) is 3.96. The van der Waals surface area contributed by atoms with E-state index in [0.717, 1.165) is 0 Å². The zero-order chi connectivity index (χ0) is 10.7. The maximum atomic E-state index is 5.36. The van der Waals surface area contributed by atoms with E-state index in [2.05, 4.69) is 31.2 Å². The Morgan fingerprint density at radius 1 is 0.867 bits per heavy atom. The Morgan fingerprint density at radius 3 is 1.67 bits per heavy atom. The Morgan fingerprint density at radius 2 is 1.33 bits per heavy atom. The zero-order valence-electron chi connectivity index (χ0n) is 7.88. The van der Waals surface area contributed by atoms with Gasteiger partial charge in [-0.15, -0.1) is 0 Å². The molecule has 0 aromatic carbocycles. The van der Waals surface area contributed by atoms with E-state index in [1.54, 1.807) is 0 Å². The summed E-state index contributed by atoms with van der Waals surface area (Å²) in [6, 6.07) is 0. The first-order valence-electron chi connectivity index (χ1n) is 4.21. The molecule has 0 spiro atoms. The third-order valence-electron chi connectivity index (χ3n) is 1.62. The van der Waals surface area contributed by atoms with E-state index in [0.29, 0.717) is 19.0 Å². The van der Waals surface area contributed by atoms with Crippen LogP contribution in [0.1, 0.15) is 0 Å². The second-order valence-corrected chi connectivity index (χ2v) is 6.02. The van der Waals surface area contributed by atoms with Crippen LogP contribution in [-0.4, -0.2) is 75.9 Å². The molecule has 2 heterocycles. The van der Waals surface area contributed by atoms with E-state index in [1.165, 1.54) is 0 Å². The molecule has 0 radical (unpaired) electrons. The van der Waals surface area contributed by atoms with Gasteiger partial charge in [0, 0.05) is 0 Å². The van der Waals surface area contributed by atoms with Gasteiger partial charge in [0.05, 0.1) is 0 Å². The summed E-state index contributed by atoms with van der Waals surface area (Å²) in [4.78, 5) is 0. The summed E-state index contributed by atoms with van der Waals surface area (Å²) in [5.41, 5.74) is 0. The normalized spacial score (nSPS) is 9.33. The number of aromatic nitrogens is 4. The predicted molar refractivity (Wildman–Crippen MR) is 60.0 cm³/mol. The van der Waals surface area contributed by atoms with Gasteiger partial charge in [-0.25, -0.2) is 0 Å². The average Bonchev–Trinajstić information content (AvgIpc) is 2.87. The van der Waals surface area contributed by atoms with Crippen molar-refractivity contribution in [3.8, 4) is 0 Å². The average molecular weight is 246 g/mol. The van der Waals surface area contributed by atoms with Gasteiger partial charge in [-0.05, 0) is 0 Å². The topological polar surface area (TPSA) is 77.8 Å². The molecule has 0 saturated heterocycles. The van der Waals surface area contributed by atoms with Crippen molar-refractivity contribution in [3.05, 3.63) is 0 Å². The van der Waals surface area contributed by atoms with Crippen LogP contribution in [0.4, 0.5) is 0 Å². The second kappa shape index (κ2) is 5.10. The molecule has 0 bridgehead atoms. The summed E-state index contributed by atoms with van der Waals surface area (Å²) in [5.74, 6) is 0. The fourth-order valence-electron chi connectivity index (χ4n) is 0.970. The molecule has 9 heteroatoms. The van der Waals surface area contributed by atoms with E-state index in [4.69, 9.17) is 8.83 Å². The number of hydrogen-bond donors (Lipinski definition) is 0. The fourth-order valence-corrected chi connectivity index (χ4v) is 3.00. The summed E-state index contributed by atoms with van der Waals surface area (Å²) in [7, 11) is 0. The first-order valence-corrected chi connectivity index (χ1v) is 8.41. The van der Waals surface area contributed by atoms with Crippen LogP contribution in [0.25, 0.3) is 0 Å². The van der Waals surface area contributed by atoms with E-state index in [1.807, 2.05) is 0 Å². The Balaban J connectivity index is 2.13. The molecule has 6 nitrogen and oxygen atoms in total. The van der Waals surface area contributed by atoms with Crippen molar-refractivity contribution >= 4 is 74.6 Å². The van der Waals surface area contributed by atoms with Crippen LogP contribution in [0.2, 0.25) is 0 Å². The van der Waals surface area contributed by atoms with Crippen LogP contribution in [-0.2, 0) is 0 Å². The van der Waals surface area contributed by atoms with Crippen molar-refractivity contribution in [1.82, 2.24) is 20.4 Å². The Bertz CT molecular complexity index is 450. The van der Waals surface area contributed by atoms with E-state index in [9.17, 15) is 0 Å². The molecular weight excluding hydrogens is 241 g/mol. The fraction of sp³-hybridized carbons (Fsp3) is 0. The molecule has 0 fully saturated rings. The van der Waals surface area contributed by atoms with Gasteiger partial charge in [-0.2, -0.15) is 0 Å². The number of nitrogens with zero attached hydrogens (tertiary/aromatic N) is 4. The van der Waals surface area contributed by atoms with Crippen LogP contribution in [0.5, 0.6) is 0 Å². The van der Waals surface area contributed by atoms with Crippen LogP contribution in [0, 0.1) is 0 Å². The van der Waals surface area contributed by atoms with Gasteiger partial charge in [0.15, 0.2) is 0 Å². The first-order chi connectivity index (χ1) is 7.31. The van der Waals surface area contributed by atoms with Gasteiger partial charge in [0.2, 0.25) is 0 Å². The molecule has 0 unspecified atom stereocenters. The number of hydrogen-bond acceptors (Lipinski definition) is 6. The molecule has 15 heavy (non-hydrogen) atoms. The van der Waals surface area contributed by atoms with Gasteiger partial charge in [-0.1, -0.05) is 0 Å². The molecule has 0 aliphatic heterocycles. The maximum absolute atomic E-state index is 5.36. The Hall–Kier alpha value is -0.383. The summed E-state index contributed by atoms with van der Waals surface area (Å²) < 4.78 is 13.2. The van der Waals surface area contributed by atoms with E-state index < -0.39 is 15.2 Å². The van der Waals surface area contributed by atoms with Gasteiger partial charge in [-0.3, -0.25) is 0 Å². The van der Waals surface area contributed by atoms with Crippen molar-refractivity contribution in [3.63, 3.8) is 0 Å². The molecule has 0 saturated carbocycles. The summed E-state index contributed by atoms with van der Waals surface area (Å²) in [6.45, 7) is 0. The van der Waals surface area contributed by atoms with E-state index >= 15 is 0 Å². The molecule has 0 aliphatic rings. The summed E-state index contributed by atoms with van der Waals surface area (Å²) >= 11 is -1.26. The van der Waals surface area contributed by atoms with Crippen molar-refractivity contribution in [1.29, 1.82) is 0 Å². The quantitative estimate of drug-likeness (QED) is 0.505. The van der Waals surface area contributed by atoms with Crippen molar-refractivity contribution < 1.29 is 8.83 Å². The SMILES string of the molecule is [CH2]=[Al][c]1nn[c]([AlH][c]2nn[c]([Al]=[CH2])o2)o1. The summed E-state index contributed by atoms with van der Waals surface area (Å²) in [6.07, 6.45) is 0. The Kier molecular flexibility index (Phi) is 3.78. The van der Waals surface area contributed by atoms with Crippen LogP contribution < -0.4 is 19.0 Å². The molecule has 2 aromatic heterocycles. The minimum atomic E-state index is -0.921. The standard InChI is InChI=1S/2C2N2O.2CH2.3Al.H/c2*1-3-4-2-5-1;;;;;;/h;;2*1H2;;;;. The second-order valence-electron chi connectivity index (χ2n) is 2.65. The predicted octanol–water partition coefficient (Wildman–Crippen LogP) is -4.64. The van der Waals surface area contributed by atoms with E-state index in [-0.39, 0.29) is 29.6 Å². The molecule has 0 aliphatic carbocycles. The molecule has 2 aromatic rings. The zero-order valence-corrected chi connectivity index (χ0v) is 11.6. The Labute approximate surface area is 103 Å². The van der Waals surface area contributed by atoms with Gasteiger partial charge >= 0.3 is 104 Å². The molecule has 70 valence electrons. The van der Waals surface area contributed by atoms with Crippen LogP contribution in [0.15, 0.2) is 8.83 Å². The third kappa shape index (κ3) is 2.80. The minimum absolute atomic E-state index is 0.170. The molecule has 0 atom stereocenters. The molecule has 0 N–H and O–H groups in total. The van der Waals surface area contributed by atoms with Crippen LogP contribution in [0.3, 0.4) is 0 Å². The van der Waals surface area contributed by atoms with Crippen molar-refractivity contribution in [2.45, 2.75) is 0 Å². The van der Waals surface area contributed by atoms with Crippen LogP contribution >= 0.6 is 0 Å². The van der Waals surface area contributed by atoms with Gasteiger partial charge in [0.25, 0.3) is 0 Å². The summed E-state index contributed by atoms with van der Waals surface area (Å²) in [5, 5.41) is 23.0. The number of rotatable bonds is 4. The van der Waals surface area contributed by atoms with Gasteiger partial charge < -0.3 is 0 Å². The van der Waals surface area contributed by atoms with Crippen molar-refractivity contribution in [2.24, 2.45) is 0 Å².